The third-order valence-electron chi connectivity index (χ3n) is 4.54. The Morgan fingerprint density at radius 1 is 1.29 bits per heavy atom. The van der Waals surface area contributed by atoms with Gasteiger partial charge < -0.3 is 5.32 Å². The number of nitrogens with zero attached hydrogens (tertiary/aromatic N) is 1. The van der Waals surface area contributed by atoms with Gasteiger partial charge in [0.15, 0.2) is 0 Å². The molecule has 0 radical (unpaired) electrons. The van der Waals surface area contributed by atoms with Crippen LogP contribution in [-0.2, 0) is 13.1 Å². The van der Waals surface area contributed by atoms with Crippen molar-refractivity contribution in [1.82, 2.24) is 10.2 Å². The molecule has 0 saturated carbocycles. The average Bonchev–Trinajstić information content (AvgIpc) is 2.82. The van der Waals surface area contributed by atoms with Crippen LogP contribution < -0.4 is 5.32 Å². The minimum Gasteiger partial charge on any atom is -0.312 e. The Hall–Kier alpha value is -0.380. The van der Waals surface area contributed by atoms with Crippen LogP contribution in [0.15, 0.2) is 6.07 Å². The maximum Gasteiger partial charge on any atom is 0.0299 e. The highest BCUT2D eigenvalue weighted by atomic mass is 32.1. The van der Waals surface area contributed by atoms with Gasteiger partial charge in [-0.05, 0) is 57.3 Å². The third-order valence-corrected chi connectivity index (χ3v) is 5.63. The second-order valence-corrected chi connectivity index (χ2v) is 7.72. The van der Waals surface area contributed by atoms with Crippen LogP contribution in [0.4, 0.5) is 0 Å². The molecule has 1 unspecified atom stereocenters. The second kappa shape index (κ2) is 8.92. The monoisotopic (exact) mass is 308 g/mol. The third kappa shape index (κ3) is 5.08. The fraction of sp³-hybridized carbons (Fsp3) is 0.778. The molecule has 1 aromatic heterocycles. The van der Waals surface area contributed by atoms with Gasteiger partial charge in [0.1, 0.15) is 0 Å². The van der Waals surface area contributed by atoms with Crippen LogP contribution in [0.5, 0.6) is 0 Å². The molecular weight excluding hydrogens is 276 g/mol. The molecule has 1 aromatic rings. The number of aryl methyl sites for hydroxylation is 1. The van der Waals surface area contributed by atoms with Gasteiger partial charge in [-0.1, -0.05) is 26.7 Å². The molecule has 21 heavy (non-hydrogen) atoms. The summed E-state index contributed by atoms with van der Waals surface area (Å²) < 4.78 is 0. The predicted octanol–water partition coefficient (Wildman–Crippen LogP) is 4.71. The van der Waals surface area contributed by atoms with Crippen molar-refractivity contribution >= 4 is 11.3 Å². The van der Waals surface area contributed by atoms with Gasteiger partial charge in [-0.25, -0.2) is 0 Å². The van der Waals surface area contributed by atoms with Crippen molar-refractivity contribution in [2.45, 2.75) is 78.4 Å². The summed E-state index contributed by atoms with van der Waals surface area (Å²) in [7, 11) is 0. The number of nitrogens with one attached hydrogen (secondary N) is 1. The first-order valence-electron chi connectivity index (χ1n) is 8.77. The van der Waals surface area contributed by atoms with Crippen LogP contribution in [0.2, 0.25) is 0 Å². The minimum absolute atomic E-state index is 0.824. The molecule has 1 aliphatic heterocycles. The molecule has 1 atom stereocenters. The Kier molecular flexibility index (Phi) is 7.21. The van der Waals surface area contributed by atoms with E-state index in [1.165, 1.54) is 61.4 Å². The molecule has 1 aliphatic rings. The van der Waals surface area contributed by atoms with Gasteiger partial charge in [-0.2, -0.15) is 0 Å². The predicted molar refractivity (Wildman–Crippen MR) is 94.0 cm³/mol. The van der Waals surface area contributed by atoms with E-state index in [4.69, 9.17) is 0 Å². The Morgan fingerprint density at radius 3 is 2.90 bits per heavy atom. The SMILES string of the molecule is CCCNCc1cc(CN2CCCCC2CCC)c(C)s1. The van der Waals surface area contributed by atoms with Gasteiger partial charge >= 0.3 is 0 Å². The molecule has 3 heteroatoms. The highest BCUT2D eigenvalue weighted by Crippen LogP contribution is 2.27. The molecule has 1 fully saturated rings. The van der Waals surface area contributed by atoms with Gasteiger partial charge in [-0.3, -0.25) is 4.90 Å². The zero-order valence-corrected chi connectivity index (χ0v) is 14.9. The first kappa shape index (κ1) is 17.0. The van der Waals surface area contributed by atoms with Crippen LogP contribution in [0.3, 0.4) is 0 Å². The lowest BCUT2D eigenvalue weighted by Gasteiger charge is -2.35. The molecule has 0 aliphatic carbocycles. The number of hydrogen-bond donors (Lipinski definition) is 1. The molecule has 1 saturated heterocycles. The topological polar surface area (TPSA) is 15.3 Å². The summed E-state index contributed by atoms with van der Waals surface area (Å²) in [5, 5.41) is 3.52. The molecule has 2 rings (SSSR count). The van der Waals surface area contributed by atoms with E-state index < -0.39 is 0 Å². The lowest BCUT2D eigenvalue weighted by atomic mass is 9.97. The van der Waals surface area contributed by atoms with Crippen molar-refractivity contribution in [2.75, 3.05) is 13.1 Å². The summed E-state index contributed by atoms with van der Waals surface area (Å²) in [4.78, 5) is 5.76. The summed E-state index contributed by atoms with van der Waals surface area (Å²) in [5.41, 5.74) is 1.57. The van der Waals surface area contributed by atoms with E-state index in [2.05, 4.69) is 37.1 Å². The zero-order valence-electron chi connectivity index (χ0n) is 14.1. The quantitative estimate of drug-likeness (QED) is 0.700. The van der Waals surface area contributed by atoms with Gasteiger partial charge in [0.05, 0.1) is 0 Å². The van der Waals surface area contributed by atoms with E-state index in [-0.39, 0.29) is 0 Å². The largest absolute Gasteiger partial charge is 0.312 e. The summed E-state index contributed by atoms with van der Waals surface area (Å²) in [6, 6.07) is 3.27. The van der Waals surface area contributed by atoms with Crippen molar-refractivity contribution in [3.63, 3.8) is 0 Å². The van der Waals surface area contributed by atoms with Crippen molar-refractivity contribution in [3.05, 3.63) is 21.4 Å². The molecule has 0 aromatic carbocycles. The lowest BCUT2D eigenvalue weighted by Crippen LogP contribution is -2.38. The molecule has 2 heterocycles. The lowest BCUT2D eigenvalue weighted by molar-refractivity contribution is 0.131. The summed E-state index contributed by atoms with van der Waals surface area (Å²) >= 11 is 1.98. The number of rotatable bonds is 8. The Bertz CT molecular complexity index is 411. The minimum atomic E-state index is 0.824. The van der Waals surface area contributed by atoms with Crippen molar-refractivity contribution < 1.29 is 0 Å². The molecule has 120 valence electrons. The highest BCUT2D eigenvalue weighted by Gasteiger charge is 2.22. The maximum absolute atomic E-state index is 3.52. The van der Waals surface area contributed by atoms with Gasteiger partial charge in [-0.15, -0.1) is 11.3 Å². The van der Waals surface area contributed by atoms with Crippen LogP contribution in [-0.4, -0.2) is 24.0 Å². The van der Waals surface area contributed by atoms with E-state index in [0.29, 0.717) is 0 Å². The zero-order chi connectivity index (χ0) is 15.1. The first-order valence-corrected chi connectivity index (χ1v) is 9.59. The maximum atomic E-state index is 3.52. The van der Waals surface area contributed by atoms with E-state index >= 15 is 0 Å². The molecule has 1 N–H and O–H groups in total. The van der Waals surface area contributed by atoms with Gasteiger partial charge in [0, 0.05) is 28.9 Å². The van der Waals surface area contributed by atoms with E-state index in [9.17, 15) is 0 Å². The Balaban J connectivity index is 1.94. The fourth-order valence-corrected chi connectivity index (χ4v) is 4.39. The van der Waals surface area contributed by atoms with Crippen LogP contribution in [0.1, 0.15) is 67.7 Å². The average molecular weight is 309 g/mol. The molecular formula is C18H32N2S. The number of piperidine rings is 1. The van der Waals surface area contributed by atoms with E-state index in [0.717, 1.165) is 19.1 Å². The summed E-state index contributed by atoms with van der Waals surface area (Å²) in [5.74, 6) is 0. The van der Waals surface area contributed by atoms with Crippen LogP contribution in [0.25, 0.3) is 0 Å². The molecule has 2 nitrogen and oxygen atoms in total. The van der Waals surface area contributed by atoms with Crippen molar-refractivity contribution in [3.8, 4) is 0 Å². The summed E-state index contributed by atoms with van der Waals surface area (Å²) in [6.07, 6.45) is 8.11. The standard InChI is InChI=1S/C18H32N2S/c1-4-8-17-9-6-7-11-20(17)14-16-12-18(21-15(16)3)13-19-10-5-2/h12,17,19H,4-11,13-14H2,1-3H3. The van der Waals surface area contributed by atoms with Crippen LogP contribution in [0, 0.1) is 6.92 Å². The number of hydrogen-bond acceptors (Lipinski definition) is 3. The first-order chi connectivity index (χ1) is 10.2. The van der Waals surface area contributed by atoms with E-state index in [1.54, 1.807) is 5.56 Å². The fourth-order valence-electron chi connectivity index (χ4n) is 3.37. The van der Waals surface area contributed by atoms with Crippen molar-refractivity contribution in [1.29, 1.82) is 0 Å². The van der Waals surface area contributed by atoms with Crippen LogP contribution >= 0.6 is 11.3 Å². The molecule has 0 amide bonds. The second-order valence-electron chi connectivity index (χ2n) is 6.38. The smallest absolute Gasteiger partial charge is 0.0299 e. The van der Waals surface area contributed by atoms with Crippen molar-refractivity contribution in [2.24, 2.45) is 0 Å². The normalized spacial score (nSPS) is 20.0. The van der Waals surface area contributed by atoms with Gasteiger partial charge in [0.2, 0.25) is 0 Å². The molecule has 0 bridgehead atoms. The highest BCUT2D eigenvalue weighted by molar-refractivity contribution is 7.12. The molecule has 0 spiro atoms. The Labute approximate surface area is 134 Å². The number of thiophene rings is 1. The Morgan fingerprint density at radius 2 is 2.14 bits per heavy atom. The van der Waals surface area contributed by atoms with Gasteiger partial charge in [0.25, 0.3) is 0 Å². The summed E-state index contributed by atoms with van der Waals surface area (Å²) in [6.45, 7) is 11.5. The number of likely N-dealkylation sites (tertiary alicyclic amines) is 1. The van der Waals surface area contributed by atoms with E-state index in [1.807, 2.05) is 11.3 Å².